The van der Waals surface area contributed by atoms with Gasteiger partial charge >= 0.3 is 6.18 Å². The lowest BCUT2D eigenvalue weighted by Gasteiger charge is -2.16. The zero-order chi connectivity index (χ0) is 21.3. The van der Waals surface area contributed by atoms with E-state index >= 15 is 0 Å². The third kappa shape index (κ3) is 4.85. The number of amides is 1. The summed E-state index contributed by atoms with van der Waals surface area (Å²) in [4.78, 5) is 25.2. The molecular weight excluding hydrogens is 407 g/mol. The van der Waals surface area contributed by atoms with E-state index in [0.29, 0.717) is 18.4 Å². The van der Waals surface area contributed by atoms with Crippen LogP contribution in [0.1, 0.15) is 15.9 Å². The first-order chi connectivity index (χ1) is 12.8. The molecule has 0 aliphatic carbocycles. The molecule has 0 aliphatic rings. The summed E-state index contributed by atoms with van der Waals surface area (Å²) in [5.41, 5.74) is 6.76. The summed E-state index contributed by atoms with van der Waals surface area (Å²) in [7, 11) is -4.16. The van der Waals surface area contributed by atoms with Gasteiger partial charge in [-0.25, -0.2) is 13.5 Å². The van der Waals surface area contributed by atoms with E-state index in [0.717, 1.165) is 12.1 Å². The predicted octanol–water partition coefficient (Wildman–Crippen LogP) is 0.398. The number of H-pyrrole nitrogens is 1. The Labute approximate surface area is 154 Å². The first-order valence-corrected chi connectivity index (χ1v) is 9.01. The monoisotopic (exact) mass is 419 g/mol. The number of benzene rings is 1. The van der Waals surface area contributed by atoms with Crippen LogP contribution in [0.25, 0.3) is 0 Å². The Morgan fingerprint density at radius 1 is 1.25 bits per heavy atom. The highest BCUT2D eigenvalue weighted by Gasteiger charge is 2.38. The number of hydrogen-bond acceptors (Lipinski definition) is 6. The van der Waals surface area contributed by atoms with Gasteiger partial charge in [-0.15, -0.1) is 5.10 Å². The fourth-order valence-corrected chi connectivity index (χ4v) is 2.82. The molecular formula is C14H12F3N5O5S. The molecule has 14 heteroatoms. The van der Waals surface area contributed by atoms with Crippen LogP contribution < -0.4 is 21.8 Å². The lowest BCUT2D eigenvalue weighted by atomic mass is 10.1. The fourth-order valence-electron chi connectivity index (χ4n) is 2.02. The van der Waals surface area contributed by atoms with E-state index < -0.39 is 55.2 Å². The van der Waals surface area contributed by atoms with Crippen LogP contribution in [0, 0.1) is 0 Å². The maximum absolute atomic E-state index is 13.4. The number of sulfone groups is 1. The molecule has 0 atom stereocenters. The van der Waals surface area contributed by atoms with Crippen LogP contribution in [0.2, 0.25) is 0 Å². The molecule has 0 saturated heterocycles. The molecule has 0 unspecified atom stereocenters. The van der Waals surface area contributed by atoms with Gasteiger partial charge in [-0.1, -0.05) is 0 Å². The minimum absolute atomic E-state index is 0.304. The minimum Gasteiger partial charge on any atom is -0.436 e. The van der Waals surface area contributed by atoms with E-state index in [-0.39, 0.29) is 5.88 Å². The summed E-state index contributed by atoms with van der Waals surface area (Å²) < 4.78 is 69.4. The van der Waals surface area contributed by atoms with Gasteiger partial charge < -0.3 is 16.2 Å². The maximum atomic E-state index is 13.4. The van der Waals surface area contributed by atoms with Gasteiger partial charge in [-0.05, 0) is 12.1 Å². The largest absolute Gasteiger partial charge is 0.436 e. The van der Waals surface area contributed by atoms with Gasteiger partial charge in [-0.2, -0.15) is 18.2 Å². The number of nitrogens with two attached hydrogens (primary N) is 2. The normalized spacial score (nSPS) is 11.7. The highest BCUT2D eigenvalue weighted by atomic mass is 32.2. The lowest BCUT2D eigenvalue weighted by molar-refractivity contribution is -0.138. The standard InChI is InChI=1S/C14H12F3N5O5S/c1-28(25,26)9-4-6(12(24)20-13(18)19)7(14(15,16)17)5-8(9)27-11-3-2-10(23)21-22-11/h2-5H,1H3,(H,21,23)(H4,18,19,20,24). The van der Waals surface area contributed by atoms with Crippen molar-refractivity contribution >= 4 is 21.7 Å². The van der Waals surface area contributed by atoms with E-state index in [4.69, 9.17) is 16.2 Å². The molecule has 0 aliphatic heterocycles. The van der Waals surface area contributed by atoms with Gasteiger partial charge in [0, 0.05) is 18.4 Å². The van der Waals surface area contributed by atoms with Crippen LogP contribution in [-0.2, 0) is 16.0 Å². The number of carbonyl (C=O) groups is 1. The molecule has 5 N–H and O–H groups in total. The molecule has 28 heavy (non-hydrogen) atoms. The van der Waals surface area contributed by atoms with Crippen molar-refractivity contribution in [2.45, 2.75) is 11.1 Å². The van der Waals surface area contributed by atoms with Crippen molar-refractivity contribution in [1.82, 2.24) is 10.2 Å². The van der Waals surface area contributed by atoms with Gasteiger partial charge in [0.15, 0.2) is 15.8 Å². The third-order valence-electron chi connectivity index (χ3n) is 3.12. The number of hydrogen-bond donors (Lipinski definition) is 3. The highest BCUT2D eigenvalue weighted by molar-refractivity contribution is 7.90. The van der Waals surface area contributed by atoms with Crippen molar-refractivity contribution < 1.29 is 31.1 Å². The SMILES string of the molecule is CS(=O)(=O)c1cc(C(=O)N=C(N)N)c(C(F)(F)F)cc1Oc1ccc(=O)[nH]n1. The van der Waals surface area contributed by atoms with Gasteiger partial charge in [0.25, 0.3) is 11.5 Å². The molecule has 1 amide bonds. The van der Waals surface area contributed by atoms with Gasteiger partial charge in [-0.3, -0.25) is 9.59 Å². The van der Waals surface area contributed by atoms with Gasteiger partial charge in [0.05, 0.1) is 11.1 Å². The summed E-state index contributed by atoms with van der Waals surface area (Å²) in [5, 5.41) is 5.40. The molecule has 2 rings (SSSR count). The molecule has 0 spiro atoms. The number of nitrogens with zero attached hydrogens (tertiary/aromatic N) is 2. The molecule has 0 radical (unpaired) electrons. The van der Waals surface area contributed by atoms with E-state index in [1.807, 2.05) is 5.10 Å². The van der Waals surface area contributed by atoms with Crippen molar-refractivity contribution in [3.05, 3.63) is 45.7 Å². The summed E-state index contributed by atoms with van der Waals surface area (Å²) in [6.07, 6.45) is -4.38. The second kappa shape index (κ2) is 7.30. The average molecular weight is 419 g/mol. The van der Waals surface area contributed by atoms with Crippen LogP contribution in [-0.4, -0.2) is 36.7 Å². The maximum Gasteiger partial charge on any atom is 0.417 e. The fraction of sp³-hybridized carbons (Fsp3) is 0.143. The second-order valence-corrected chi connectivity index (χ2v) is 7.30. The summed E-state index contributed by atoms with van der Waals surface area (Å²) in [6, 6.07) is 2.73. The number of aromatic amines is 1. The molecule has 1 aromatic carbocycles. The Morgan fingerprint density at radius 3 is 2.36 bits per heavy atom. The third-order valence-corrected chi connectivity index (χ3v) is 4.24. The Hall–Kier alpha value is -3.42. The van der Waals surface area contributed by atoms with Crippen LogP contribution in [0.15, 0.2) is 38.9 Å². The van der Waals surface area contributed by atoms with Crippen molar-refractivity contribution in [2.24, 2.45) is 16.5 Å². The first-order valence-electron chi connectivity index (χ1n) is 7.12. The highest BCUT2D eigenvalue weighted by Crippen LogP contribution is 2.39. The van der Waals surface area contributed by atoms with Gasteiger partial charge in [0.2, 0.25) is 5.88 Å². The van der Waals surface area contributed by atoms with Crippen LogP contribution >= 0.6 is 0 Å². The second-order valence-electron chi connectivity index (χ2n) is 5.32. The minimum atomic E-state index is -5.07. The van der Waals surface area contributed by atoms with Crippen LogP contribution in [0.5, 0.6) is 11.6 Å². The summed E-state index contributed by atoms with van der Waals surface area (Å²) >= 11 is 0. The molecule has 2 aromatic rings. The first kappa shape index (κ1) is 20.9. The number of ether oxygens (including phenoxy) is 1. The average Bonchev–Trinajstić information content (AvgIpc) is 2.54. The molecule has 0 saturated carbocycles. The summed E-state index contributed by atoms with van der Waals surface area (Å²) in [6.45, 7) is 0. The van der Waals surface area contributed by atoms with Crippen molar-refractivity contribution in [2.75, 3.05) is 6.26 Å². The molecule has 1 heterocycles. The number of alkyl halides is 3. The molecule has 0 bridgehead atoms. The number of nitrogens with one attached hydrogen (secondary N) is 1. The molecule has 0 fully saturated rings. The quantitative estimate of drug-likeness (QED) is 0.472. The summed E-state index contributed by atoms with van der Waals surface area (Å²) in [5.74, 6) is -3.46. The molecule has 150 valence electrons. The molecule has 10 nitrogen and oxygen atoms in total. The van der Waals surface area contributed by atoms with Crippen LogP contribution in [0.4, 0.5) is 13.2 Å². The predicted molar refractivity (Wildman–Crippen MR) is 89.6 cm³/mol. The number of halogens is 3. The Kier molecular flexibility index (Phi) is 5.45. The number of guanidine groups is 1. The van der Waals surface area contributed by atoms with E-state index in [9.17, 15) is 31.2 Å². The van der Waals surface area contributed by atoms with E-state index in [1.54, 1.807) is 0 Å². The zero-order valence-electron chi connectivity index (χ0n) is 13.9. The number of aliphatic imine (C=N–C) groups is 1. The number of carbonyl (C=O) groups excluding carboxylic acids is 1. The Bertz CT molecular complexity index is 1100. The van der Waals surface area contributed by atoms with Gasteiger partial charge in [0.1, 0.15) is 10.6 Å². The number of rotatable bonds is 4. The Balaban J connectivity index is 2.77. The van der Waals surface area contributed by atoms with Crippen molar-refractivity contribution in [3.63, 3.8) is 0 Å². The van der Waals surface area contributed by atoms with Crippen LogP contribution in [0.3, 0.4) is 0 Å². The van der Waals surface area contributed by atoms with Crippen molar-refractivity contribution in [1.29, 1.82) is 0 Å². The van der Waals surface area contributed by atoms with E-state index in [1.165, 1.54) is 0 Å². The smallest absolute Gasteiger partial charge is 0.417 e. The topological polar surface area (TPSA) is 171 Å². The zero-order valence-corrected chi connectivity index (χ0v) is 14.8. The Morgan fingerprint density at radius 2 is 1.89 bits per heavy atom. The number of aromatic nitrogens is 2. The lowest BCUT2D eigenvalue weighted by Crippen LogP contribution is -2.25. The molecule has 1 aromatic heterocycles. The van der Waals surface area contributed by atoms with Crippen molar-refractivity contribution in [3.8, 4) is 11.6 Å². The van der Waals surface area contributed by atoms with E-state index in [2.05, 4.69) is 10.1 Å².